The average molecular weight is 412 g/mol. The molecule has 3 rings (SSSR count). The zero-order valence-corrected chi connectivity index (χ0v) is 17.3. The number of Topliss-reactive ketones (excluding diaryl/α,β-unsaturated/α-hetero) is 1. The molecule has 0 bridgehead atoms. The number of ketones is 1. The summed E-state index contributed by atoms with van der Waals surface area (Å²) >= 11 is 0. The molecule has 1 atom stereocenters. The molecule has 1 saturated heterocycles. The molecule has 1 aliphatic rings. The molecule has 2 aromatic rings. The maximum atomic E-state index is 13.7. The number of aliphatic hydroxyl groups is 1. The number of carbonyl (C=O) groups is 2. The van der Waals surface area contributed by atoms with E-state index in [1.807, 2.05) is 13.8 Å². The quantitative estimate of drug-likeness (QED) is 0.324. The minimum atomic E-state index is -0.824. The second-order valence-electron chi connectivity index (χ2n) is 7.48. The Morgan fingerprint density at radius 2 is 2.03 bits per heavy atom. The van der Waals surface area contributed by atoms with Crippen LogP contribution in [0.3, 0.4) is 0 Å². The van der Waals surface area contributed by atoms with Gasteiger partial charge in [0.05, 0.1) is 17.4 Å². The van der Waals surface area contributed by atoms with Crippen molar-refractivity contribution in [2.45, 2.75) is 39.3 Å². The summed E-state index contributed by atoms with van der Waals surface area (Å²) in [6.45, 7) is 6.12. The summed E-state index contributed by atoms with van der Waals surface area (Å²) in [5, 5.41) is 10.9. The van der Waals surface area contributed by atoms with Gasteiger partial charge in [-0.15, -0.1) is 0 Å². The van der Waals surface area contributed by atoms with Crippen molar-refractivity contribution >= 4 is 17.4 Å². The molecule has 1 aromatic heterocycles. The van der Waals surface area contributed by atoms with Crippen LogP contribution < -0.4 is 0 Å². The molecule has 0 spiro atoms. The predicted molar refractivity (Wildman–Crippen MR) is 110 cm³/mol. The summed E-state index contributed by atoms with van der Waals surface area (Å²) in [4.78, 5) is 31.4. The molecule has 30 heavy (non-hydrogen) atoms. The molecule has 1 N–H and O–H groups in total. The van der Waals surface area contributed by atoms with Crippen molar-refractivity contribution < 1.29 is 23.8 Å². The number of pyridine rings is 1. The van der Waals surface area contributed by atoms with Crippen molar-refractivity contribution in [3.63, 3.8) is 0 Å². The topological polar surface area (TPSA) is 79.7 Å². The molecule has 7 heteroatoms. The molecular formula is C23H25FN2O4. The molecule has 0 aliphatic carbocycles. The molecule has 6 nitrogen and oxygen atoms in total. The highest BCUT2D eigenvalue weighted by atomic mass is 19.1. The average Bonchev–Trinajstić information content (AvgIpc) is 2.98. The van der Waals surface area contributed by atoms with Crippen molar-refractivity contribution in [1.29, 1.82) is 0 Å². The summed E-state index contributed by atoms with van der Waals surface area (Å²) in [6, 6.07) is 8.43. The van der Waals surface area contributed by atoms with E-state index in [0.717, 1.165) is 0 Å². The van der Waals surface area contributed by atoms with Gasteiger partial charge < -0.3 is 14.7 Å². The molecular weight excluding hydrogens is 387 g/mol. The number of aromatic nitrogens is 1. The zero-order valence-electron chi connectivity index (χ0n) is 17.3. The third-order valence-corrected chi connectivity index (χ3v) is 4.93. The number of likely N-dealkylation sites (tertiary alicyclic amines) is 1. The van der Waals surface area contributed by atoms with Gasteiger partial charge in [-0.25, -0.2) is 4.39 Å². The molecule has 1 aromatic carbocycles. The fourth-order valence-electron chi connectivity index (χ4n) is 3.46. The maximum absolute atomic E-state index is 13.7. The fraction of sp³-hybridized carbons (Fsp3) is 0.348. The van der Waals surface area contributed by atoms with E-state index in [0.29, 0.717) is 24.3 Å². The molecule has 1 fully saturated rings. The van der Waals surface area contributed by atoms with Gasteiger partial charge in [-0.2, -0.15) is 0 Å². The SMILES string of the molecule is Cc1cc(/C(O)=C2/C(=O)C(=O)N(CCCOC(C)C)C2c2ccccn2)ccc1F. The van der Waals surface area contributed by atoms with Crippen LogP contribution in [0.2, 0.25) is 0 Å². The molecule has 158 valence electrons. The van der Waals surface area contributed by atoms with Crippen molar-refractivity contribution in [2.24, 2.45) is 0 Å². The number of halogens is 1. The van der Waals surface area contributed by atoms with Crippen LogP contribution in [0.5, 0.6) is 0 Å². The summed E-state index contributed by atoms with van der Waals surface area (Å²) in [7, 11) is 0. The van der Waals surface area contributed by atoms with Gasteiger partial charge in [-0.3, -0.25) is 14.6 Å². The van der Waals surface area contributed by atoms with Gasteiger partial charge in [0, 0.05) is 24.9 Å². The predicted octanol–water partition coefficient (Wildman–Crippen LogP) is 3.77. The standard InChI is InChI=1S/C23H25FN2O4/c1-14(2)30-12-6-11-26-20(18-7-4-5-10-25-18)19(22(28)23(26)29)21(27)16-8-9-17(24)15(3)13-16/h4-5,7-10,13-14,20,27H,6,11-12H2,1-3H3/b21-19-. The lowest BCUT2D eigenvalue weighted by atomic mass is 9.97. The number of rotatable bonds is 7. The molecule has 0 radical (unpaired) electrons. The van der Waals surface area contributed by atoms with Crippen LogP contribution in [0.1, 0.15) is 43.1 Å². The van der Waals surface area contributed by atoms with Gasteiger partial charge in [-0.05, 0) is 63.1 Å². The van der Waals surface area contributed by atoms with Crippen LogP contribution in [0.25, 0.3) is 5.76 Å². The number of benzene rings is 1. The summed E-state index contributed by atoms with van der Waals surface area (Å²) in [6.07, 6.45) is 2.16. The van der Waals surface area contributed by atoms with Gasteiger partial charge in [0.25, 0.3) is 11.7 Å². The minimum absolute atomic E-state index is 0.0468. The maximum Gasteiger partial charge on any atom is 0.295 e. The minimum Gasteiger partial charge on any atom is -0.507 e. The zero-order chi connectivity index (χ0) is 21.8. The van der Waals surface area contributed by atoms with Crippen LogP contribution in [0.4, 0.5) is 4.39 Å². The van der Waals surface area contributed by atoms with Crippen LogP contribution in [-0.2, 0) is 14.3 Å². The Hall–Kier alpha value is -3.06. The number of hydrogen-bond donors (Lipinski definition) is 1. The lowest BCUT2D eigenvalue weighted by Gasteiger charge is -2.24. The van der Waals surface area contributed by atoms with E-state index in [4.69, 9.17) is 4.74 Å². The Bertz CT molecular complexity index is 972. The lowest BCUT2D eigenvalue weighted by Crippen LogP contribution is -2.31. The van der Waals surface area contributed by atoms with E-state index < -0.39 is 23.5 Å². The monoisotopic (exact) mass is 412 g/mol. The van der Waals surface area contributed by atoms with Gasteiger partial charge in [0.15, 0.2) is 0 Å². The van der Waals surface area contributed by atoms with Crippen LogP contribution in [0.15, 0.2) is 48.2 Å². The number of aliphatic hydroxyl groups excluding tert-OH is 1. The van der Waals surface area contributed by atoms with E-state index in [2.05, 4.69) is 4.98 Å². The molecule has 1 aliphatic heterocycles. The first-order chi connectivity index (χ1) is 14.3. The Balaban J connectivity index is 2.02. The summed E-state index contributed by atoms with van der Waals surface area (Å²) < 4.78 is 19.2. The number of aryl methyl sites for hydroxylation is 1. The number of hydrogen-bond acceptors (Lipinski definition) is 5. The number of amides is 1. The van der Waals surface area contributed by atoms with E-state index in [9.17, 15) is 19.1 Å². The van der Waals surface area contributed by atoms with Crippen molar-refractivity contribution in [1.82, 2.24) is 9.88 Å². The Morgan fingerprint density at radius 1 is 1.27 bits per heavy atom. The third-order valence-electron chi connectivity index (χ3n) is 4.93. The second-order valence-corrected chi connectivity index (χ2v) is 7.48. The van der Waals surface area contributed by atoms with Gasteiger partial charge >= 0.3 is 0 Å². The lowest BCUT2D eigenvalue weighted by molar-refractivity contribution is -0.140. The number of carbonyl (C=O) groups excluding carboxylic acids is 2. The fourth-order valence-corrected chi connectivity index (χ4v) is 3.46. The molecule has 1 amide bonds. The first-order valence-electron chi connectivity index (χ1n) is 9.88. The van der Waals surface area contributed by atoms with Crippen LogP contribution in [0, 0.1) is 12.7 Å². The van der Waals surface area contributed by atoms with Crippen LogP contribution >= 0.6 is 0 Å². The smallest absolute Gasteiger partial charge is 0.295 e. The van der Waals surface area contributed by atoms with Crippen LogP contribution in [-0.4, -0.2) is 45.9 Å². The molecule has 1 unspecified atom stereocenters. The normalized spacial score (nSPS) is 18.4. The van der Waals surface area contributed by atoms with Crippen molar-refractivity contribution in [3.8, 4) is 0 Å². The first-order valence-corrected chi connectivity index (χ1v) is 9.88. The highest BCUT2D eigenvalue weighted by Crippen LogP contribution is 2.38. The summed E-state index contributed by atoms with van der Waals surface area (Å²) in [5.41, 5.74) is 1.03. The van der Waals surface area contributed by atoms with E-state index in [1.54, 1.807) is 31.3 Å². The van der Waals surface area contributed by atoms with Gasteiger partial charge in [-0.1, -0.05) is 6.07 Å². The van der Waals surface area contributed by atoms with E-state index >= 15 is 0 Å². The summed E-state index contributed by atoms with van der Waals surface area (Å²) in [5.74, 6) is -2.24. The van der Waals surface area contributed by atoms with E-state index in [-0.39, 0.29) is 29.5 Å². The highest BCUT2D eigenvalue weighted by molar-refractivity contribution is 6.46. The molecule has 0 saturated carbocycles. The largest absolute Gasteiger partial charge is 0.507 e. The van der Waals surface area contributed by atoms with Crippen molar-refractivity contribution in [2.75, 3.05) is 13.2 Å². The first kappa shape index (κ1) is 21.6. The second kappa shape index (κ2) is 9.17. The Kier molecular flexibility index (Phi) is 6.62. The van der Waals surface area contributed by atoms with Gasteiger partial charge in [0.1, 0.15) is 17.6 Å². The third kappa shape index (κ3) is 4.41. The Morgan fingerprint density at radius 3 is 2.67 bits per heavy atom. The highest BCUT2D eigenvalue weighted by Gasteiger charge is 2.46. The van der Waals surface area contributed by atoms with Crippen molar-refractivity contribution in [3.05, 3.63) is 70.8 Å². The Labute approximate surface area is 175 Å². The van der Waals surface area contributed by atoms with Gasteiger partial charge in [0.2, 0.25) is 0 Å². The number of nitrogens with zero attached hydrogens (tertiary/aromatic N) is 2. The number of ether oxygens (including phenoxy) is 1. The molecule has 2 heterocycles. The van der Waals surface area contributed by atoms with E-state index in [1.165, 1.54) is 23.1 Å².